The number of halogens is 1. The van der Waals surface area contributed by atoms with Crippen LogP contribution in [0.5, 0.6) is 0 Å². The number of carbonyl (C=O) groups is 1. The molecule has 0 bridgehead atoms. The van der Waals surface area contributed by atoms with Crippen LogP contribution in [0.1, 0.15) is 11.1 Å². The quantitative estimate of drug-likeness (QED) is 0.919. The number of hydrogen-bond acceptors (Lipinski definition) is 2. The average molecular weight is 345 g/mol. The lowest BCUT2D eigenvalue weighted by Crippen LogP contribution is -2.34. The molecule has 0 atom stereocenters. The van der Waals surface area contributed by atoms with Gasteiger partial charge in [0.15, 0.2) is 0 Å². The highest BCUT2D eigenvalue weighted by atomic mass is 79.9. The fraction of sp³-hybridized carbons (Fsp3) is 0.235. The van der Waals surface area contributed by atoms with E-state index in [0.29, 0.717) is 6.54 Å². The Balaban J connectivity index is 1.68. The molecular weight excluding hydrogens is 328 g/mol. The van der Waals surface area contributed by atoms with Gasteiger partial charge in [-0.2, -0.15) is 0 Å². The van der Waals surface area contributed by atoms with Crippen LogP contribution in [0.2, 0.25) is 0 Å². The molecule has 0 saturated carbocycles. The van der Waals surface area contributed by atoms with Gasteiger partial charge in [-0.1, -0.05) is 24.3 Å². The Kier molecular flexibility index (Phi) is 3.97. The molecule has 1 heterocycles. The third-order valence-electron chi connectivity index (χ3n) is 3.74. The van der Waals surface area contributed by atoms with Gasteiger partial charge in [0, 0.05) is 22.4 Å². The molecule has 2 aromatic carbocycles. The first-order chi connectivity index (χ1) is 10.1. The van der Waals surface area contributed by atoms with Crippen LogP contribution in [0.3, 0.4) is 0 Å². The molecule has 1 amide bonds. The molecule has 0 aromatic heterocycles. The van der Waals surface area contributed by atoms with E-state index >= 15 is 0 Å². The zero-order valence-corrected chi connectivity index (χ0v) is 13.5. The maximum atomic E-state index is 12.4. The molecule has 0 fully saturated rings. The minimum atomic E-state index is 0.104. The Morgan fingerprint density at radius 2 is 2.10 bits per heavy atom. The molecule has 1 aliphatic rings. The molecule has 3 nitrogen and oxygen atoms in total. The number of para-hydroxylation sites is 1. The number of rotatable bonds is 3. The highest BCUT2D eigenvalue weighted by Gasteiger charge is 2.23. The standard InChI is InChI=1S/C17H17BrN2O/c1-12-6-7-15(14(18)10-12)19-11-17(21)20-9-8-13-4-2-3-5-16(13)20/h2-7,10,19H,8-9,11H2,1H3. The van der Waals surface area contributed by atoms with E-state index in [4.69, 9.17) is 0 Å². The Hall–Kier alpha value is -1.81. The van der Waals surface area contributed by atoms with Crippen LogP contribution >= 0.6 is 15.9 Å². The Morgan fingerprint density at radius 1 is 1.29 bits per heavy atom. The fourth-order valence-corrected chi connectivity index (χ4v) is 3.26. The van der Waals surface area contributed by atoms with Crippen LogP contribution in [-0.4, -0.2) is 19.0 Å². The number of fused-ring (bicyclic) bond motifs is 1. The number of aryl methyl sites for hydroxylation is 1. The van der Waals surface area contributed by atoms with Crippen LogP contribution in [-0.2, 0) is 11.2 Å². The second-order valence-corrected chi connectivity index (χ2v) is 6.12. The molecule has 0 spiro atoms. The van der Waals surface area contributed by atoms with E-state index in [9.17, 15) is 4.79 Å². The van der Waals surface area contributed by atoms with Crippen molar-refractivity contribution in [2.75, 3.05) is 23.3 Å². The van der Waals surface area contributed by atoms with E-state index in [0.717, 1.165) is 28.8 Å². The van der Waals surface area contributed by atoms with Crippen molar-refractivity contribution in [1.82, 2.24) is 0 Å². The van der Waals surface area contributed by atoms with Crippen LogP contribution in [0.25, 0.3) is 0 Å². The summed E-state index contributed by atoms with van der Waals surface area (Å²) in [5.74, 6) is 0.104. The number of amides is 1. The topological polar surface area (TPSA) is 32.3 Å². The zero-order valence-electron chi connectivity index (χ0n) is 11.9. The van der Waals surface area contributed by atoms with Gasteiger partial charge in [0.05, 0.1) is 6.54 Å². The first-order valence-electron chi connectivity index (χ1n) is 7.03. The molecule has 0 saturated heterocycles. The van der Waals surface area contributed by atoms with Gasteiger partial charge in [-0.25, -0.2) is 0 Å². The molecule has 1 aliphatic heterocycles. The van der Waals surface area contributed by atoms with Gasteiger partial charge in [0.2, 0.25) is 5.91 Å². The summed E-state index contributed by atoms with van der Waals surface area (Å²) >= 11 is 3.52. The van der Waals surface area contributed by atoms with Crippen molar-refractivity contribution in [3.8, 4) is 0 Å². The van der Waals surface area contributed by atoms with E-state index < -0.39 is 0 Å². The van der Waals surface area contributed by atoms with Crippen molar-refractivity contribution in [1.29, 1.82) is 0 Å². The van der Waals surface area contributed by atoms with Gasteiger partial charge in [-0.05, 0) is 58.6 Å². The number of hydrogen-bond donors (Lipinski definition) is 1. The fourth-order valence-electron chi connectivity index (χ4n) is 2.63. The zero-order chi connectivity index (χ0) is 14.8. The maximum absolute atomic E-state index is 12.4. The lowest BCUT2D eigenvalue weighted by molar-refractivity contribution is -0.116. The van der Waals surface area contributed by atoms with Crippen molar-refractivity contribution in [3.63, 3.8) is 0 Å². The molecular formula is C17H17BrN2O. The van der Waals surface area contributed by atoms with Crippen molar-refractivity contribution in [2.45, 2.75) is 13.3 Å². The van der Waals surface area contributed by atoms with Crippen LogP contribution in [0, 0.1) is 6.92 Å². The second-order valence-electron chi connectivity index (χ2n) is 5.26. The molecule has 108 valence electrons. The first kappa shape index (κ1) is 14.1. The molecule has 21 heavy (non-hydrogen) atoms. The number of nitrogens with zero attached hydrogens (tertiary/aromatic N) is 1. The van der Waals surface area contributed by atoms with Gasteiger partial charge >= 0.3 is 0 Å². The van der Waals surface area contributed by atoms with E-state index in [1.165, 1.54) is 11.1 Å². The highest BCUT2D eigenvalue weighted by molar-refractivity contribution is 9.10. The average Bonchev–Trinajstić information content (AvgIpc) is 2.90. The molecule has 4 heteroatoms. The van der Waals surface area contributed by atoms with E-state index in [1.807, 2.05) is 48.2 Å². The molecule has 3 rings (SSSR count). The first-order valence-corrected chi connectivity index (χ1v) is 7.83. The molecule has 0 aliphatic carbocycles. The number of benzene rings is 2. The Morgan fingerprint density at radius 3 is 2.90 bits per heavy atom. The van der Waals surface area contributed by atoms with Gasteiger partial charge in [-0.3, -0.25) is 4.79 Å². The summed E-state index contributed by atoms with van der Waals surface area (Å²) < 4.78 is 0.983. The summed E-state index contributed by atoms with van der Waals surface area (Å²) in [6.07, 6.45) is 0.941. The van der Waals surface area contributed by atoms with Crippen molar-refractivity contribution >= 4 is 33.2 Å². The lowest BCUT2D eigenvalue weighted by Gasteiger charge is -2.18. The van der Waals surface area contributed by atoms with Crippen molar-refractivity contribution in [3.05, 3.63) is 58.1 Å². The Labute approximate surface area is 133 Å². The minimum absolute atomic E-state index is 0.104. The van der Waals surface area contributed by atoms with Gasteiger partial charge < -0.3 is 10.2 Å². The van der Waals surface area contributed by atoms with Crippen molar-refractivity contribution < 1.29 is 4.79 Å². The van der Waals surface area contributed by atoms with Gasteiger partial charge in [-0.15, -0.1) is 0 Å². The second kappa shape index (κ2) is 5.90. The maximum Gasteiger partial charge on any atom is 0.246 e. The van der Waals surface area contributed by atoms with Crippen LogP contribution in [0.4, 0.5) is 11.4 Å². The summed E-state index contributed by atoms with van der Waals surface area (Å²) in [5.41, 5.74) is 4.43. The molecule has 0 radical (unpaired) electrons. The smallest absolute Gasteiger partial charge is 0.246 e. The monoisotopic (exact) mass is 344 g/mol. The highest BCUT2D eigenvalue weighted by Crippen LogP contribution is 2.28. The van der Waals surface area contributed by atoms with Crippen LogP contribution < -0.4 is 10.2 Å². The lowest BCUT2D eigenvalue weighted by atomic mass is 10.2. The van der Waals surface area contributed by atoms with Crippen LogP contribution in [0.15, 0.2) is 46.9 Å². The summed E-state index contributed by atoms with van der Waals surface area (Å²) in [6.45, 7) is 3.12. The normalized spacial score (nSPS) is 13.1. The third kappa shape index (κ3) is 2.95. The van der Waals surface area contributed by atoms with Crippen molar-refractivity contribution in [2.24, 2.45) is 0 Å². The molecule has 1 N–H and O–H groups in total. The number of carbonyl (C=O) groups excluding carboxylic acids is 1. The van der Waals surface area contributed by atoms with Gasteiger partial charge in [0.1, 0.15) is 0 Å². The summed E-state index contributed by atoms with van der Waals surface area (Å²) in [6, 6.07) is 14.2. The predicted octanol–water partition coefficient (Wildman–Crippen LogP) is 3.76. The largest absolute Gasteiger partial charge is 0.375 e. The number of nitrogens with one attached hydrogen (secondary N) is 1. The summed E-state index contributed by atoms with van der Waals surface area (Å²) in [5, 5.41) is 3.21. The SMILES string of the molecule is Cc1ccc(NCC(=O)N2CCc3ccccc32)c(Br)c1. The van der Waals surface area contributed by atoms with E-state index in [1.54, 1.807) is 0 Å². The third-order valence-corrected chi connectivity index (χ3v) is 4.40. The predicted molar refractivity (Wildman–Crippen MR) is 89.9 cm³/mol. The van der Waals surface area contributed by atoms with E-state index in [2.05, 4.69) is 27.3 Å². The summed E-state index contributed by atoms with van der Waals surface area (Å²) in [4.78, 5) is 14.3. The molecule has 2 aromatic rings. The molecule has 0 unspecified atom stereocenters. The summed E-state index contributed by atoms with van der Waals surface area (Å²) in [7, 11) is 0. The Bertz CT molecular complexity index is 684. The minimum Gasteiger partial charge on any atom is -0.375 e. The van der Waals surface area contributed by atoms with E-state index in [-0.39, 0.29) is 5.91 Å². The number of anilines is 2. The van der Waals surface area contributed by atoms with Gasteiger partial charge in [0.25, 0.3) is 0 Å².